The van der Waals surface area contributed by atoms with Gasteiger partial charge in [-0.15, -0.1) is 0 Å². The van der Waals surface area contributed by atoms with Gasteiger partial charge in [-0.1, -0.05) is 35.3 Å². The molecule has 1 aliphatic rings. The van der Waals surface area contributed by atoms with Crippen LogP contribution in [0, 0.1) is 10.1 Å². The number of nitro benzene ring substituents is 1. The van der Waals surface area contributed by atoms with Gasteiger partial charge in [-0.05, 0) is 23.8 Å². The first-order valence-electron chi connectivity index (χ1n) is 8.14. The minimum atomic E-state index is -0.533. The molecular formula is C18H17Cl2N3O3. The van der Waals surface area contributed by atoms with E-state index in [1.165, 1.54) is 18.2 Å². The number of hydrogen-bond donors (Lipinski definition) is 0. The van der Waals surface area contributed by atoms with Gasteiger partial charge in [0.05, 0.1) is 15.5 Å². The zero-order valence-electron chi connectivity index (χ0n) is 13.9. The maximum absolute atomic E-state index is 12.6. The molecule has 0 aromatic heterocycles. The van der Waals surface area contributed by atoms with Crippen molar-refractivity contribution >= 4 is 34.8 Å². The summed E-state index contributed by atoms with van der Waals surface area (Å²) in [6.07, 6.45) is 0. The summed E-state index contributed by atoms with van der Waals surface area (Å²) >= 11 is 12.1. The lowest BCUT2D eigenvalue weighted by atomic mass is 10.1. The lowest BCUT2D eigenvalue weighted by Crippen LogP contribution is -2.48. The summed E-state index contributed by atoms with van der Waals surface area (Å²) in [5.74, 6) is -0.202. The Hall–Kier alpha value is -2.15. The Bertz CT molecular complexity index is 836. The Balaban J connectivity index is 1.61. The van der Waals surface area contributed by atoms with E-state index in [4.69, 9.17) is 23.2 Å². The largest absolute Gasteiger partial charge is 0.336 e. The number of nitro groups is 1. The molecule has 1 heterocycles. The molecule has 0 atom stereocenters. The summed E-state index contributed by atoms with van der Waals surface area (Å²) in [5.41, 5.74) is 1.30. The predicted octanol–water partition coefficient (Wildman–Crippen LogP) is 3.86. The number of carbonyl (C=O) groups is 1. The standard InChI is InChI=1S/C18H17Cl2N3O3/c19-14-3-1-2-13(10-14)12-21-6-8-22(9-7-21)18(24)16-5-4-15(23(25)26)11-17(16)20/h1-5,10-11H,6-9,12H2. The molecule has 8 heteroatoms. The average Bonchev–Trinajstić information content (AvgIpc) is 2.61. The Morgan fingerprint density at radius 1 is 1.08 bits per heavy atom. The fourth-order valence-corrected chi connectivity index (χ4v) is 3.43. The highest BCUT2D eigenvalue weighted by Gasteiger charge is 2.24. The van der Waals surface area contributed by atoms with Crippen LogP contribution in [0.5, 0.6) is 0 Å². The van der Waals surface area contributed by atoms with Crippen molar-refractivity contribution in [1.29, 1.82) is 0 Å². The molecule has 1 fully saturated rings. The van der Waals surface area contributed by atoms with Crippen molar-refractivity contribution in [1.82, 2.24) is 9.80 Å². The first-order chi connectivity index (χ1) is 12.4. The first-order valence-corrected chi connectivity index (χ1v) is 8.89. The lowest BCUT2D eigenvalue weighted by molar-refractivity contribution is -0.384. The molecule has 0 unspecified atom stereocenters. The Morgan fingerprint density at radius 2 is 1.81 bits per heavy atom. The van der Waals surface area contributed by atoms with Crippen LogP contribution in [0.15, 0.2) is 42.5 Å². The molecule has 1 saturated heterocycles. The molecule has 0 radical (unpaired) electrons. The number of piperazine rings is 1. The van der Waals surface area contributed by atoms with Crippen LogP contribution < -0.4 is 0 Å². The topological polar surface area (TPSA) is 66.7 Å². The third kappa shape index (κ3) is 4.33. The van der Waals surface area contributed by atoms with E-state index in [0.717, 1.165) is 25.2 Å². The minimum absolute atomic E-state index is 0.102. The number of non-ortho nitro benzene ring substituents is 1. The van der Waals surface area contributed by atoms with E-state index in [0.29, 0.717) is 23.7 Å². The van der Waals surface area contributed by atoms with Crippen molar-refractivity contribution in [2.45, 2.75) is 6.54 Å². The highest BCUT2D eigenvalue weighted by atomic mass is 35.5. The average molecular weight is 394 g/mol. The molecule has 2 aromatic carbocycles. The fraction of sp³-hybridized carbons (Fsp3) is 0.278. The van der Waals surface area contributed by atoms with E-state index in [9.17, 15) is 14.9 Å². The monoisotopic (exact) mass is 393 g/mol. The van der Waals surface area contributed by atoms with Gasteiger partial charge < -0.3 is 4.90 Å². The Labute approximate surface area is 161 Å². The number of rotatable bonds is 4. The van der Waals surface area contributed by atoms with Gasteiger partial charge in [0.15, 0.2) is 0 Å². The van der Waals surface area contributed by atoms with Crippen molar-refractivity contribution in [3.8, 4) is 0 Å². The summed E-state index contributed by atoms with van der Waals surface area (Å²) in [4.78, 5) is 26.9. The van der Waals surface area contributed by atoms with Crippen molar-refractivity contribution in [2.24, 2.45) is 0 Å². The molecule has 0 spiro atoms. The number of carbonyl (C=O) groups excluding carboxylic acids is 1. The van der Waals surface area contributed by atoms with Crippen LogP contribution in [0.3, 0.4) is 0 Å². The molecule has 26 heavy (non-hydrogen) atoms. The Kier molecular flexibility index (Phi) is 5.76. The zero-order chi connectivity index (χ0) is 18.7. The van der Waals surface area contributed by atoms with Gasteiger partial charge >= 0.3 is 0 Å². The third-order valence-electron chi connectivity index (χ3n) is 4.35. The summed E-state index contributed by atoms with van der Waals surface area (Å²) in [7, 11) is 0. The molecule has 136 valence electrons. The molecule has 2 aromatic rings. The molecule has 3 rings (SSSR count). The van der Waals surface area contributed by atoms with Gasteiger partial charge in [-0.25, -0.2) is 0 Å². The van der Waals surface area contributed by atoms with Crippen LogP contribution in [0.1, 0.15) is 15.9 Å². The van der Waals surface area contributed by atoms with Crippen LogP contribution in [0.4, 0.5) is 5.69 Å². The third-order valence-corrected chi connectivity index (χ3v) is 4.90. The summed E-state index contributed by atoms with van der Waals surface area (Å²) in [6, 6.07) is 11.7. The first kappa shape index (κ1) is 18.6. The smallest absolute Gasteiger partial charge is 0.270 e. The van der Waals surface area contributed by atoms with Gasteiger partial charge in [-0.2, -0.15) is 0 Å². The van der Waals surface area contributed by atoms with Crippen LogP contribution in [0.2, 0.25) is 10.0 Å². The second kappa shape index (κ2) is 8.03. The SMILES string of the molecule is O=C(c1ccc([N+](=O)[O-])cc1Cl)N1CCN(Cc2cccc(Cl)c2)CC1. The number of hydrogen-bond acceptors (Lipinski definition) is 4. The van der Waals surface area contributed by atoms with Gasteiger partial charge in [0, 0.05) is 49.9 Å². The van der Waals surface area contributed by atoms with Crippen LogP contribution in [-0.4, -0.2) is 46.8 Å². The second-order valence-electron chi connectivity index (χ2n) is 6.12. The number of benzene rings is 2. The van der Waals surface area contributed by atoms with Crippen molar-refractivity contribution in [3.63, 3.8) is 0 Å². The van der Waals surface area contributed by atoms with E-state index in [1.807, 2.05) is 24.3 Å². The molecule has 0 bridgehead atoms. The number of amides is 1. The van der Waals surface area contributed by atoms with Crippen LogP contribution >= 0.6 is 23.2 Å². The molecule has 1 aliphatic heterocycles. The predicted molar refractivity (Wildman–Crippen MR) is 101 cm³/mol. The van der Waals surface area contributed by atoms with Crippen LogP contribution in [-0.2, 0) is 6.54 Å². The molecular weight excluding hydrogens is 377 g/mol. The summed E-state index contributed by atoms with van der Waals surface area (Å²) in [6.45, 7) is 3.41. The molecule has 0 saturated carbocycles. The summed E-state index contributed by atoms with van der Waals surface area (Å²) in [5, 5.41) is 11.6. The zero-order valence-corrected chi connectivity index (χ0v) is 15.4. The van der Waals surface area contributed by atoms with E-state index < -0.39 is 4.92 Å². The van der Waals surface area contributed by atoms with E-state index >= 15 is 0 Å². The van der Waals surface area contributed by atoms with Crippen molar-refractivity contribution < 1.29 is 9.72 Å². The molecule has 1 amide bonds. The van der Waals surface area contributed by atoms with Gasteiger partial charge in [0.2, 0.25) is 0 Å². The lowest BCUT2D eigenvalue weighted by Gasteiger charge is -2.35. The number of halogens is 2. The summed E-state index contributed by atoms with van der Waals surface area (Å²) < 4.78 is 0. The maximum Gasteiger partial charge on any atom is 0.270 e. The van der Waals surface area contributed by atoms with Gasteiger partial charge in [0.25, 0.3) is 11.6 Å². The normalized spacial score (nSPS) is 15.1. The van der Waals surface area contributed by atoms with Gasteiger partial charge in [-0.3, -0.25) is 19.8 Å². The second-order valence-corrected chi connectivity index (χ2v) is 6.96. The number of nitrogens with zero attached hydrogens (tertiary/aromatic N) is 3. The minimum Gasteiger partial charge on any atom is -0.336 e. The molecule has 0 N–H and O–H groups in total. The fourth-order valence-electron chi connectivity index (χ4n) is 2.96. The van der Waals surface area contributed by atoms with Gasteiger partial charge in [0.1, 0.15) is 0 Å². The maximum atomic E-state index is 12.6. The van der Waals surface area contributed by atoms with E-state index in [1.54, 1.807) is 4.90 Å². The molecule has 6 nitrogen and oxygen atoms in total. The highest BCUT2D eigenvalue weighted by molar-refractivity contribution is 6.34. The van der Waals surface area contributed by atoms with E-state index in [-0.39, 0.29) is 16.6 Å². The van der Waals surface area contributed by atoms with Crippen molar-refractivity contribution in [3.05, 3.63) is 73.8 Å². The van der Waals surface area contributed by atoms with E-state index in [2.05, 4.69) is 4.90 Å². The quantitative estimate of drug-likeness (QED) is 0.584. The van der Waals surface area contributed by atoms with Crippen LogP contribution in [0.25, 0.3) is 0 Å². The Morgan fingerprint density at radius 3 is 2.42 bits per heavy atom. The highest BCUT2D eigenvalue weighted by Crippen LogP contribution is 2.24. The van der Waals surface area contributed by atoms with Crippen molar-refractivity contribution in [2.75, 3.05) is 26.2 Å². The molecule has 0 aliphatic carbocycles.